The fraction of sp³-hybridized carbons (Fsp3) is 0.200. The maximum absolute atomic E-state index is 6.11. The molecule has 0 amide bonds. The molecule has 0 saturated carbocycles. The van der Waals surface area contributed by atoms with Crippen LogP contribution in [0.1, 0.15) is 22.3 Å². The lowest BCUT2D eigenvalue weighted by Gasteiger charge is -2.34. The standard InChI is InChI=1S/C35H28O2S2/c1-2-6-30-23(5-1)9-18-33-34(30)31-7-3-4-8-32(31)35(33,24-10-14-26(15-11-24)36-19-28-21-38-28)25-12-16-27(17-13-25)37-20-29-22-39-29/h1-18,28-29H,19-22H2. The van der Waals surface area contributed by atoms with Crippen molar-refractivity contribution in [3.8, 4) is 22.6 Å². The third-order valence-corrected chi connectivity index (χ3v) is 10.1. The van der Waals surface area contributed by atoms with E-state index in [-0.39, 0.29) is 0 Å². The summed E-state index contributed by atoms with van der Waals surface area (Å²) in [6, 6.07) is 40.0. The van der Waals surface area contributed by atoms with Crippen molar-refractivity contribution in [1.29, 1.82) is 0 Å². The molecule has 2 fully saturated rings. The van der Waals surface area contributed by atoms with E-state index in [0.29, 0.717) is 10.5 Å². The van der Waals surface area contributed by atoms with Crippen molar-refractivity contribution < 1.29 is 9.47 Å². The summed E-state index contributed by atoms with van der Waals surface area (Å²) in [5, 5.41) is 3.87. The molecule has 2 nitrogen and oxygen atoms in total. The van der Waals surface area contributed by atoms with Gasteiger partial charge in [0, 0.05) is 22.0 Å². The van der Waals surface area contributed by atoms with Gasteiger partial charge in [0.2, 0.25) is 0 Å². The van der Waals surface area contributed by atoms with Gasteiger partial charge in [-0.15, -0.1) is 0 Å². The van der Waals surface area contributed by atoms with Crippen LogP contribution in [0, 0.1) is 0 Å². The topological polar surface area (TPSA) is 18.5 Å². The van der Waals surface area contributed by atoms with Crippen LogP contribution >= 0.6 is 23.5 Å². The Hall–Kier alpha value is -3.34. The van der Waals surface area contributed by atoms with Crippen LogP contribution in [-0.2, 0) is 5.41 Å². The summed E-state index contributed by atoms with van der Waals surface area (Å²) in [6.07, 6.45) is 0. The monoisotopic (exact) mass is 544 g/mol. The zero-order valence-corrected chi connectivity index (χ0v) is 23.1. The van der Waals surface area contributed by atoms with E-state index in [1.807, 2.05) is 23.5 Å². The van der Waals surface area contributed by atoms with Gasteiger partial charge in [0.25, 0.3) is 0 Å². The second kappa shape index (κ2) is 9.39. The number of benzene rings is 5. The van der Waals surface area contributed by atoms with E-state index in [4.69, 9.17) is 9.47 Å². The summed E-state index contributed by atoms with van der Waals surface area (Å²) in [4.78, 5) is 0. The average molecular weight is 545 g/mol. The zero-order chi connectivity index (χ0) is 25.8. The van der Waals surface area contributed by atoms with Crippen LogP contribution in [0.4, 0.5) is 0 Å². The predicted molar refractivity (Wildman–Crippen MR) is 165 cm³/mol. The number of hydrogen-bond donors (Lipinski definition) is 0. The van der Waals surface area contributed by atoms with Gasteiger partial charge in [-0.05, 0) is 68.4 Å². The van der Waals surface area contributed by atoms with Crippen LogP contribution in [0.2, 0.25) is 0 Å². The van der Waals surface area contributed by atoms with E-state index in [9.17, 15) is 0 Å². The number of rotatable bonds is 8. The van der Waals surface area contributed by atoms with Gasteiger partial charge in [-0.25, -0.2) is 0 Å². The van der Waals surface area contributed by atoms with Crippen LogP contribution in [0.15, 0.2) is 109 Å². The third-order valence-electron chi connectivity index (χ3n) is 8.18. The lowest BCUT2D eigenvalue weighted by atomic mass is 9.67. The van der Waals surface area contributed by atoms with E-state index in [1.54, 1.807) is 0 Å². The largest absolute Gasteiger partial charge is 0.492 e. The summed E-state index contributed by atoms with van der Waals surface area (Å²) in [7, 11) is 0. The van der Waals surface area contributed by atoms with Crippen molar-refractivity contribution in [3.63, 3.8) is 0 Å². The molecule has 192 valence electrons. The quantitative estimate of drug-likeness (QED) is 0.180. The first-order chi connectivity index (χ1) is 19.3. The number of hydrogen-bond acceptors (Lipinski definition) is 4. The Labute approximate surface area is 237 Å². The Bertz CT molecular complexity index is 1610. The Morgan fingerprint density at radius 3 is 1.77 bits per heavy atom. The highest BCUT2D eigenvalue weighted by Crippen LogP contribution is 2.58. The van der Waals surface area contributed by atoms with E-state index >= 15 is 0 Å². The van der Waals surface area contributed by atoms with E-state index in [1.165, 1.54) is 55.7 Å². The Kier molecular flexibility index (Phi) is 5.67. The summed E-state index contributed by atoms with van der Waals surface area (Å²) in [6.45, 7) is 1.57. The molecule has 2 heterocycles. The number of fused-ring (bicyclic) bond motifs is 5. The molecule has 2 aliphatic heterocycles. The highest BCUT2D eigenvalue weighted by Gasteiger charge is 2.46. The smallest absolute Gasteiger partial charge is 0.119 e. The molecule has 2 atom stereocenters. The van der Waals surface area contributed by atoms with Crippen LogP contribution in [0.25, 0.3) is 21.9 Å². The molecule has 5 aromatic rings. The molecule has 2 saturated heterocycles. The normalized spacial score (nSPS) is 22.3. The first kappa shape index (κ1) is 23.5. The lowest BCUT2D eigenvalue weighted by molar-refractivity contribution is 0.329. The van der Waals surface area contributed by atoms with E-state index in [0.717, 1.165) is 24.7 Å². The van der Waals surface area contributed by atoms with Gasteiger partial charge in [0.15, 0.2) is 0 Å². The maximum Gasteiger partial charge on any atom is 0.119 e. The predicted octanol–water partition coefficient (Wildman–Crippen LogP) is 8.19. The van der Waals surface area contributed by atoms with Crippen molar-refractivity contribution in [2.45, 2.75) is 15.9 Å². The molecule has 5 aromatic carbocycles. The minimum absolute atomic E-state index is 0.439. The van der Waals surface area contributed by atoms with E-state index < -0.39 is 5.41 Å². The highest BCUT2D eigenvalue weighted by atomic mass is 32.2. The van der Waals surface area contributed by atoms with Crippen molar-refractivity contribution in [3.05, 3.63) is 131 Å². The SMILES string of the molecule is c1ccc2c(c1)-c1c(ccc3ccccc13)C2(c1ccc(OCC2CS2)cc1)c1ccc(OCC2CS2)cc1. The third kappa shape index (κ3) is 4.04. The average Bonchev–Trinajstić information content (AvgIpc) is 3.93. The lowest BCUT2D eigenvalue weighted by Crippen LogP contribution is -2.28. The minimum Gasteiger partial charge on any atom is -0.492 e. The fourth-order valence-electron chi connectivity index (χ4n) is 6.15. The molecule has 2 unspecified atom stereocenters. The van der Waals surface area contributed by atoms with Crippen molar-refractivity contribution in [1.82, 2.24) is 0 Å². The maximum atomic E-state index is 6.11. The zero-order valence-electron chi connectivity index (χ0n) is 21.5. The van der Waals surface area contributed by atoms with Gasteiger partial charge >= 0.3 is 0 Å². The van der Waals surface area contributed by atoms with Crippen molar-refractivity contribution >= 4 is 34.3 Å². The molecule has 3 aliphatic rings. The Morgan fingerprint density at radius 2 is 1.15 bits per heavy atom. The summed E-state index contributed by atoms with van der Waals surface area (Å²) in [5.41, 5.74) is 7.35. The molecule has 0 aromatic heterocycles. The van der Waals surface area contributed by atoms with Crippen LogP contribution in [0.5, 0.6) is 11.5 Å². The molecule has 0 N–H and O–H groups in total. The van der Waals surface area contributed by atoms with Gasteiger partial charge in [0.1, 0.15) is 24.7 Å². The summed E-state index contributed by atoms with van der Waals surface area (Å²) in [5.74, 6) is 4.30. The molecular formula is C35H28O2S2. The van der Waals surface area contributed by atoms with Crippen molar-refractivity contribution in [2.75, 3.05) is 24.7 Å². The second-order valence-corrected chi connectivity index (χ2v) is 13.3. The van der Waals surface area contributed by atoms with Crippen LogP contribution in [-0.4, -0.2) is 35.2 Å². The van der Waals surface area contributed by atoms with Gasteiger partial charge in [0.05, 0.1) is 5.41 Å². The minimum atomic E-state index is -0.439. The van der Waals surface area contributed by atoms with Gasteiger partial charge in [-0.2, -0.15) is 23.5 Å². The highest BCUT2D eigenvalue weighted by molar-refractivity contribution is 8.07. The Morgan fingerprint density at radius 1 is 0.590 bits per heavy atom. The molecule has 4 heteroatoms. The molecule has 0 bridgehead atoms. The van der Waals surface area contributed by atoms with E-state index in [2.05, 4.69) is 109 Å². The Balaban J connectivity index is 1.32. The van der Waals surface area contributed by atoms with Gasteiger partial charge in [-0.1, -0.05) is 84.9 Å². The molecule has 0 spiro atoms. The number of thioether (sulfide) groups is 2. The van der Waals surface area contributed by atoms with Crippen molar-refractivity contribution in [2.24, 2.45) is 0 Å². The van der Waals surface area contributed by atoms with Gasteiger partial charge in [-0.3, -0.25) is 0 Å². The first-order valence-corrected chi connectivity index (χ1v) is 15.7. The second-order valence-electron chi connectivity index (χ2n) is 10.6. The summed E-state index contributed by atoms with van der Waals surface area (Å²) >= 11 is 3.93. The molecule has 39 heavy (non-hydrogen) atoms. The fourth-order valence-corrected chi connectivity index (χ4v) is 6.94. The molecule has 1 aliphatic carbocycles. The molecule has 8 rings (SSSR count). The number of ether oxygens (including phenoxy) is 2. The van der Waals surface area contributed by atoms with Crippen LogP contribution in [0.3, 0.4) is 0 Å². The molecule has 0 radical (unpaired) electrons. The first-order valence-electron chi connectivity index (χ1n) is 13.6. The van der Waals surface area contributed by atoms with Crippen LogP contribution < -0.4 is 9.47 Å². The summed E-state index contributed by atoms with van der Waals surface area (Å²) < 4.78 is 12.2. The molecular weight excluding hydrogens is 517 g/mol. The van der Waals surface area contributed by atoms with Gasteiger partial charge < -0.3 is 9.47 Å².